The van der Waals surface area contributed by atoms with Crippen molar-refractivity contribution in [1.29, 1.82) is 0 Å². The maximum atomic E-state index is 12.1. The standard InChI is InChI=1S/C10H16N4O2/c1-7-8(3-4-16-7)10(15)14(2)5-9-11-6-12-13-9/h6-8H,3-5H2,1-2H3,(H,11,12,13). The highest BCUT2D eigenvalue weighted by molar-refractivity contribution is 5.79. The van der Waals surface area contributed by atoms with E-state index in [0.717, 1.165) is 6.42 Å². The van der Waals surface area contributed by atoms with Gasteiger partial charge in [-0.05, 0) is 13.3 Å². The van der Waals surface area contributed by atoms with Crippen molar-refractivity contribution in [2.24, 2.45) is 5.92 Å². The van der Waals surface area contributed by atoms with Crippen LogP contribution in [-0.2, 0) is 16.1 Å². The average molecular weight is 224 g/mol. The van der Waals surface area contributed by atoms with Gasteiger partial charge in [0.25, 0.3) is 0 Å². The number of hydrogen-bond acceptors (Lipinski definition) is 4. The van der Waals surface area contributed by atoms with Gasteiger partial charge in [0.1, 0.15) is 12.2 Å². The number of amides is 1. The van der Waals surface area contributed by atoms with Gasteiger partial charge in [0.05, 0.1) is 18.6 Å². The first-order chi connectivity index (χ1) is 7.68. The highest BCUT2D eigenvalue weighted by atomic mass is 16.5. The minimum atomic E-state index is -0.0204. The summed E-state index contributed by atoms with van der Waals surface area (Å²) in [5.74, 6) is 0.789. The molecule has 88 valence electrons. The van der Waals surface area contributed by atoms with E-state index in [1.54, 1.807) is 11.9 Å². The van der Waals surface area contributed by atoms with E-state index in [9.17, 15) is 4.79 Å². The van der Waals surface area contributed by atoms with Gasteiger partial charge < -0.3 is 9.64 Å². The molecule has 0 radical (unpaired) electrons. The number of ether oxygens (including phenoxy) is 1. The Kier molecular flexibility index (Phi) is 3.19. The number of hydrogen-bond donors (Lipinski definition) is 1. The van der Waals surface area contributed by atoms with Crippen molar-refractivity contribution in [3.63, 3.8) is 0 Å². The first-order valence-corrected chi connectivity index (χ1v) is 5.39. The van der Waals surface area contributed by atoms with Gasteiger partial charge in [-0.15, -0.1) is 0 Å². The number of H-pyrrole nitrogens is 1. The molecule has 2 unspecified atom stereocenters. The van der Waals surface area contributed by atoms with E-state index in [2.05, 4.69) is 15.2 Å². The van der Waals surface area contributed by atoms with Crippen molar-refractivity contribution in [2.45, 2.75) is 26.0 Å². The highest BCUT2D eigenvalue weighted by Gasteiger charge is 2.32. The zero-order valence-corrected chi connectivity index (χ0v) is 9.51. The average Bonchev–Trinajstić information content (AvgIpc) is 2.88. The molecular weight excluding hydrogens is 208 g/mol. The summed E-state index contributed by atoms with van der Waals surface area (Å²) in [5, 5.41) is 6.49. The summed E-state index contributed by atoms with van der Waals surface area (Å²) in [7, 11) is 1.77. The van der Waals surface area contributed by atoms with E-state index in [-0.39, 0.29) is 17.9 Å². The van der Waals surface area contributed by atoms with Crippen molar-refractivity contribution < 1.29 is 9.53 Å². The number of aromatic nitrogens is 3. The SMILES string of the molecule is CC1OCCC1C(=O)N(C)Cc1ncn[nH]1. The van der Waals surface area contributed by atoms with Crippen LogP contribution in [0.3, 0.4) is 0 Å². The van der Waals surface area contributed by atoms with Gasteiger partial charge in [-0.2, -0.15) is 5.10 Å². The largest absolute Gasteiger partial charge is 0.378 e. The van der Waals surface area contributed by atoms with E-state index in [4.69, 9.17) is 4.74 Å². The van der Waals surface area contributed by atoms with Crippen LogP contribution in [-0.4, -0.2) is 45.7 Å². The Morgan fingerprint density at radius 3 is 3.12 bits per heavy atom. The minimum Gasteiger partial charge on any atom is -0.378 e. The molecular formula is C10H16N4O2. The fourth-order valence-electron chi connectivity index (χ4n) is 1.95. The lowest BCUT2D eigenvalue weighted by Gasteiger charge is -2.21. The molecule has 1 saturated heterocycles. The second kappa shape index (κ2) is 4.61. The predicted octanol–water partition coefficient (Wildman–Crippen LogP) is 0.188. The summed E-state index contributed by atoms with van der Waals surface area (Å²) in [5.41, 5.74) is 0. The number of rotatable bonds is 3. The molecule has 2 atom stereocenters. The number of aromatic amines is 1. The molecule has 1 aromatic rings. The maximum Gasteiger partial charge on any atom is 0.228 e. The lowest BCUT2D eigenvalue weighted by molar-refractivity contribution is -0.136. The van der Waals surface area contributed by atoms with Crippen LogP contribution in [0.2, 0.25) is 0 Å². The minimum absolute atomic E-state index is 0.0182. The first-order valence-electron chi connectivity index (χ1n) is 5.39. The normalized spacial score (nSPS) is 24.6. The smallest absolute Gasteiger partial charge is 0.228 e. The Labute approximate surface area is 94.0 Å². The van der Waals surface area contributed by atoms with E-state index in [0.29, 0.717) is 19.0 Å². The lowest BCUT2D eigenvalue weighted by atomic mass is 10.0. The number of carbonyl (C=O) groups excluding carboxylic acids is 1. The summed E-state index contributed by atoms with van der Waals surface area (Å²) in [4.78, 5) is 17.7. The lowest BCUT2D eigenvalue weighted by Crippen LogP contribution is -2.35. The zero-order chi connectivity index (χ0) is 11.5. The molecule has 6 nitrogen and oxygen atoms in total. The van der Waals surface area contributed by atoms with Crippen molar-refractivity contribution >= 4 is 5.91 Å². The number of nitrogens with one attached hydrogen (secondary N) is 1. The molecule has 6 heteroatoms. The highest BCUT2D eigenvalue weighted by Crippen LogP contribution is 2.22. The molecule has 1 N–H and O–H groups in total. The summed E-state index contributed by atoms with van der Waals surface area (Å²) in [6, 6.07) is 0. The van der Waals surface area contributed by atoms with E-state index in [1.165, 1.54) is 6.33 Å². The summed E-state index contributed by atoms with van der Waals surface area (Å²) >= 11 is 0. The fraction of sp³-hybridized carbons (Fsp3) is 0.700. The van der Waals surface area contributed by atoms with Crippen LogP contribution in [0.4, 0.5) is 0 Å². The third-order valence-corrected chi connectivity index (χ3v) is 2.92. The topological polar surface area (TPSA) is 71.1 Å². The number of carbonyl (C=O) groups is 1. The Morgan fingerprint density at radius 1 is 1.75 bits per heavy atom. The Hall–Kier alpha value is -1.43. The Morgan fingerprint density at radius 2 is 2.56 bits per heavy atom. The Balaban J connectivity index is 1.94. The van der Waals surface area contributed by atoms with Crippen LogP contribution in [0.5, 0.6) is 0 Å². The van der Waals surface area contributed by atoms with Gasteiger partial charge in [-0.3, -0.25) is 9.89 Å². The van der Waals surface area contributed by atoms with Crippen molar-refractivity contribution in [3.05, 3.63) is 12.2 Å². The van der Waals surface area contributed by atoms with E-state index >= 15 is 0 Å². The molecule has 0 saturated carbocycles. The van der Waals surface area contributed by atoms with Crippen molar-refractivity contribution in [3.8, 4) is 0 Å². The summed E-state index contributed by atoms with van der Waals surface area (Å²) < 4.78 is 5.39. The summed E-state index contributed by atoms with van der Waals surface area (Å²) in [6.07, 6.45) is 2.26. The van der Waals surface area contributed by atoms with Crippen LogP contribution in [0, 0.1) is 5.92 Å². The van der Waals surface area contributed by atoms with Crippen molar-refractivity contribution in [1.82, 2.24) is 20.1 Å². The molecule has 1 aliphatic rings. The van der Waals surface area contributed by atoms with Gasteiger partial charge in [-0.25, -0.2) is 4.98 Å². The van der Waals surface area contributed by atoms with Gasteiger partial charge in [0, 0.05) is 13.7 Å². The molecule has 16 heavy (non-hydrogen) atoms. The van der Waals surface area contributed by atoms with Crippen LogP contribution in [0.15, 0.2) is 6.33 Å². The van der Waals surface area contributed by atoms with E-state index < -0.39 is 0 Å². The van der Waals surface area contributed by atoms with Gasteiger partial charge in [0.15, 0.2) is 0 Å². The number of nitrogens with zero attached hydrogens (tertiary/aromatic N) is 3. The molecule has 0 aliphatic carbocycles. The summed E-state index contributed by atoms with van der Waals surface area (Å²) in [6.45, 7) is 3.08. The van der Waals surface area contributed by atoms with Crippen LogP contribution < -0.4 is 0 Å². The molecule has 1 aromatic heterocycles. The molecule has 0 spiro atoms. The second-order valence-corrected chi connectivity index (χ2v) is 4.10. The van der Waals surface area contributed by atoms with Crippen LogP contribution >= 0.6 is 0 Å². The first kappa shape index (κ1) is 11.1. The molecule has 1 amide bonds. The predicted molar refractivity (Wildman–Crippen MR) is 56.4 cm³/mol. The quantitative estimate of drug-likeness (QED) is 0.795. The third kappa shape index (κ3) is 2.21. The molecule has 1 fully saturated rings. The second-order valence-electron chi connectivity index (χ2n) is 4.10. The molecule has 1 aliphatic heterocycles. The molecule has 0 aromatic carbocycles. The third-order valence-electron chi connectivity index (χ3n) is 2.92. The molecule has 0 bridgehead atoms. The van der Waals surface area contributed by atoms with Gasteiger partial charge >= 0.3 is 0 Å². The van der Waals surface area contributed by atoms with Crippen LogP contribution in [0.25, 0.3) is 0 Å². The zero-order valence-electron chi connectivity index (χ0n) is 9.51. The van der Waals surface area contributed by atoms with Crippen LogP contribution in [0.1, 0.15) is 19.2 Å². The van der Waals surface area contributed by atoms with E-state index in [1.807, 2.05) is 6.92 Å². The maximum absolute atomic E-state index is 12.1. The monoisotopic (exact) mass is 224 g/mol. The molecule has 2 heterocycles. The molecule has 2 rings (SSSR count). The van der Waals surface area contributed by atoms with Gasteiger partial charge in [-0.1, -0.05) is 0 Å². The fourth-order valence-corrected chi connectivity index (χ4v) is 1.95. The Bertz CT molecular complexity index is 352. The van der Waals surface area contributed by atoms with Crippen molar-refractivity contribution in [2.75, 3.05) is 13.7 Å². The van der Waals surface area contributed by atoms with Gasteiger partial charge in [0.2, 0.25) is 5.91 Å².